The van der Waals surface area contributed by atoms with E-state index in [-0.39, 0.29) is 17.3 Å². The zero-order valence-electron chi connectivity index (χ0n) is 11.5. The van der Waals surface area contributed by atoms with Gasteiger partial charge in [0.05, 0.1) is 18.8 Å². The molecule has 2 heterocycles. The van der Waals surface area contributed by atoms with Gasteiger partial charge in [-0.1, -0.05) is 0 Å². The minimum Gasteiger partial charge on any atom is -0.489 e. The summed E-state index contributed by atoms with van der Waals surface area (Å²) in [6.45, 7) is 1.95. The van der Waals surface area contributed by atoms with Gasteiger partial charge in [-0.15, -0.1) is 0 Å². The molecule has 5 nitrogen and oxygen atoms in total. The first-order chi connectivity index (χ1) is 10.1. The lowest BCUT2D eigenvalue weighted by Gasteiger charge is -2.37. The lowest BCUT2D eigenvalue weighted by molar-refractivity contribution is -0.112. The van der Waals surface area contributed by atoms with Gasteiger partial charge in [0.2, 0.25) is 0 Å². The molecule has 21 heavy (non-hydrogen) atoms. The summed E-state index contributed by atoms with van der Waals surface area (Å²) in [6, 6.07) is 5.22. The van der Waals surface area contributed by atoms with Crippen LogP contribution >= 0.6 is 22.6 Å². The van der Waals surface area contributed by atoms with Gasteiger partial charge in [-0.2, -0.15) is 0 Å². The van der Waals surface area contributed by atoms with E-state index in [2.05, 4.69) is 22.6 Å². The number of ether oxygens (including phenoxy) is 3. The van der Waals surface area contributed by atoms with Crippen molar-refractivity contribution in [1.29, 1.82) is 0 Å². The molecular weight excluding hydrogens is 387 g/mol. The van der Waals surface area contributed by atoms with Gasteiger partial charge in [0.15, 0.2) is 0 Å². The first-order valence-corrected chi connectivity index (χ1v) is 8.07. The normalized spacial score (nSPS) is 28.7. The number of rotatable bonds is 3. The molecule has 0 bridgehead atoms. The molecule has 0 radical (unpaired) electrons. The third-order valence-corrected chi connectivity index (χ3v) is 4.65. The second-order valence-electron chi connectivity index (χ2n) is 5.51. The number of hydrogen-bond acceptors (Lipinski definition) is 4. The van der Waals surface area contributed by atoms with Crippen LogP contribution in [0.4, 0.5) is 0 Å². The average molecular weight is 404 g/mol. The van der Waals surface area contributed by atoms with Crippen LogP contribution in [0.3, 0.4) is 0 Å². The molecule has 2 aliphatic rings. The molecule has 2 fully saturated rings. The molecule has 2 atom stereocenters. The number of benzene rings is 1. The summed E-state index contributed by atoms with van der Waals surface area (Å²) >= 11 is 2.10. The summed E-state index contributed by atoms with van der Waals surface area (Å²) in [5.41, 5.74) is -0.0275. The molecule has 1 N–H and O–H groups in total. The standard InChI is InChI=1S/C15H17IO5/c16-10-1-2-13(12(7-10)14(17)18)21-11-3-5-20-15(8-11)4-6-19-9-15/h1-2,7,11H,3-6,8-9H2,(H,17,18). The SMILES string of the molecule is O=C(O)c1cc(I)ccc1OC1CCOC2(CCOC2)C1. The lowest BCUT2D eigenvalue weighted by atomic mass is 9.91. The average Bonchev–Trinajstić information content (AvgIpc) is 2.88. The lowest BCUT2D eigenvalue weighted by Crippen LogP contribution is -2.44. The van der Waals surface area contributed by atoms with Gasteiger partial charge in [-0.25, -0.2) is 4.79 Å². The maximum Gasteiger partial charge on any atom is 0.339 e. The molecule has 114 valence electrons. The maximum atomic E-state index is 11.3. The summed E-state index contributed by atoms with van der Waals surface area (Å²) in [4.78, 5) is 11.3. The maximum absolute atomic E-state index is 11.3. The van der Waals surface area contributed by atoms with Crippen LogP contribution in [0.5, 0.6) is 5.75 Å². The van der Waals surface area contributed by atoms with E-state index in [1.165, 1.54) is 0 Å². The first kappa shape index (κ1) is 15.1. The predicted molar refractivity (Wildman–Crippen MR) is 83.9 cm³/mol. The van der Waals surface area contributed by atoms with Crippen molar-refractivity contribution in [3.63, 3.8) is 0 Å². The van der Waals surface area contributed by atoms with Crippen LogP contribution in [0.1, 0.15) is 29.6 Å². The third-order valence-electron chi connectivity index (χ3n) is 3.98. The molecule has 0 amide bonds. The van der Waals surface area contributed by atoms with Crippen LogP contribution in [0.2, 0.25) is 0 Å². The monoisotopic (exact) mass is 404 g/mol. The number of carboxylic acid groups (broad SMARTS) is 1. The molecular formula is C15H17IO5. The van der Waals surface area contributed by atoms with E-state index < -0.39 is 5.97 Å². The smallest absolute Gasteiger partial charge is 0.339 e. The molecule has 2 unspecified atom stereocenters. The Morgan fingerprint density at radius 3 is 3.00 bits per heavy atom. The molecule has 3 rings (SSSR count). The topological polar surface area (TPSA) is 65.0 Å². The van der Waals surface area contributed by atoms with Crippen LogP contribution < -0.4 is 4.74 Å². The van der Waals surface area contributed by atoms with Crippen molar-refractivity contribution in [3.8, 4) is 5.75 Å². The molecule has 1 aromatic rings. The zero-order valence-corrected chi connectivity index (χ0v) is 13.7. The highest BCUT2D eigenvalue weighted by Crippen LogP contribution is 2.35. The van der Waals surface area contributed by atoms with Gasteiger partial charge in [-0.05, 0) is 40.8 Å². The van der Waals surface area contributed by atoms with E-state index in [0.29, 0.717) is 19.0 Å². The van der Waals surface area contributed by atoms with E-state index in [1.54, 1.807) is 12.1 Å². The summed E-state index contributed by atoms with van der Waals surface area (Å²) in [5, 5.41) is 9.30. The second-order valence-corrected chi connectivity index (χ2v) is 6.76. The molecule has 2 saturated heterocycles. The van der Waals surface area contributed by atoms with Crippen molar-refractivity contribution in [2.75, 3.05) is 19.8 Å². The van der Waals surface area contributed by atoms with Gasteiger partial charge >= 0.3 is 5.97 Å². The number of hydrogen-bond donors (Lipinski definition) is 1. The quantitative estimate of drug-likeness (QED) is 0.786. The van der Waals surface area contributed by atoms with Crippen LogP contribution in [0.15, 0.2) is 18.2 Å². The highest BCUT2D eigenvalue weighted by Gasteiger charge is 2.42. The summed E-state index contributed by atoms with van der Waals surface area (Å²) in [7, 11) is 0. The van der Waals surface area contributed by atoms with Gasteiger partial charge in [0.25, 0.3) is 0 Å². The second kappa shape index (κ2) is 6.10. The van der Waals surface area contributed by atoms with Gasteiger partial charge in [0, 0.05) is 29.4 Å². The fraction of sp³-hybridized carbons (Fsp3) is 0.533. The Hall–Kier alpha value is -0.860. The Kier molecular flexibility index (Phi) is 4.37. The number of carbonyl (C=O) groups is 1. The molecule has 2 aliphatic heterocycles. The fourth-order valence-electron chi connectivity index (χ4n) is 2.90. The number of halogens is 1. The molecule has 6 heteroatoms. The number of carboxylic acids is 1. The van der Waals surface area contributed by atoms with Gasteiger partial charge in [0.1, 0.15) is 17.4 Å². The molecule has 1 spiro atoms. The zero-order chi connectivity index (χ0) is 14.9. The van der Waals surface area contributed by atoms with E-state index in [4.69, 9.17) is 14.2 Å². The number of aromatic carboxylic acids is 1. The summed E-state index contributed by atoms with van der Waals surface area (Å²) in [6.07, 6.45) is 2.37. The minimum absolute atomic E-state index is 0.0291. The molecule has 0 aromatic heterocycles. The Morgan fingerprint density at radius 2 is 2.29 bits per heavy atom. The van der Waals surface area contributed by atoms with E-state index in [0.717, 1.165) is 29.4 Å². The Morgan fingerprint density at radius 1 is 1.43 bits per heavy atom. The Bertz CT molecular complexity index is 539. The Labute approximate surface area is 136 Å². The molecule has 1 aromatic carbocycles. The van der Waals surface area contributed by atoms with Crippen molar-refractivity contribution < 1.29 is 24.1 Å². The Balaban J connectivity index is 1.75. The van der Waals surface area contributed by atoms with E-state index in [9.17, 15) is 9.90 Å². The van der Waals surface area contributed by atoms with Crippen molar-refractivity contribution >= 4 is 28.6 Å². The van der Waals surface area contributed by atoms with E-state index >= 15 is 0 Å². The fourth-order valence-corrected chi connectivity index (χ4v) is 3.39. The summed E-state index contributed by atoms with van der Waals surface area (Å²) in [5.74, 6) is -0.529. The van der Waals surface area contributed by atoms with Crippen LogP contribution in [-0.2, 0) is 9.47 Å². The van der Waals surface area contributed by atoms with Gasteiger partial charge < -0.3 is 19.3 Å². The third kappa shape index (κ3) is 3.32. The first-order valence-electron chi connectivity index (χ1n) is 6.99. The van der Waals surface area contributed by atoms with E-state index in [1.807, 2.05) is 6.07 Å². The van der Waals surface area contributed by atoms with Crippen LogP contribution in [-0.4, -0.2) is 42.6 Å². The predicted octanol–water partition coefficient (Wildman–Crippen LogP) is 2.71. The highest BCUT2D eigenvalue weighted by molar-refractivity contribution is 14.1. The highest BCUT2D eigenvalue weighted by atomic mass is 127. The van der Waals surface area contributed by atoms with Crippen molar-refractivity contribution in [2.24, 2.45) is 0 Å². The largest absolute Gasteiger partial charge is 0.489 e. The minimum atomic E-state index is -0.963. The van der Waals surface area contributed by atoms with Crippen molar-refractivity contribution in [3.05, 3.63) is 27.3 Å². The van der Waals surface area contributed by atoms with Crippen molar-refractivity contribution in [1.82, 2.24) is 0 Å². The van der Waals surface area contributed by atoms with Crippen molar-refractivity contribution in [2.45, 2.75) is 31.0 Å². The van der Waals surface area contributed by atoms with Crippen LogP contribution in [0, 0.1) is 3.57 Å². The van der Waals surface area contributed by atoms with Gasteiger partial charge in [-0.3, -0.25) is 0 Å². The summed E-state index contributed by atoms with van der Waals surface area (Å²) < 4.78 is 18.2. The molecule has 0 saturated carbocycles. The molecule has 0 aliphatic carbocycles. The van der Waals surface area contributed by atoms with Crippen LogP contribution in [0.25, 0.3) is 0 Å².